The van der Waals surface area contributed by atoms with E-state index in [1.165, 1.54) is 30.3 Å². The van der Waals surface area contributed by atoms with Gasteiger partial charge in [-0.1, -0.05) is 0 Å². The number of anilines is 1. The van der Waals surface area contributed by atoms with E-state index in [0.717, 1.165) is 0 Å². The molecule has 0 spiro atoms. The van der Waals surface area contributed by atoms with Gasteiger partial charge in [0.2, 0.25) is 0 Å². The van der Waals surface area contributed by atoms with Crippen LogP contribution in [0.3, 0.4) is 0 Å². The Morgan fingerprint density at radius 2 is 2.00 bits per heavy atom. The van der Waals surface area contributed by atoms with Gasteiger partial charge in [0.05, 0.1) is 29.4 Å². The standard InChI is InChI=1S/C16H16N4O5/c21-7-5-19-6-8-25-16-9-13(15(22)10-14(16)19)18-17-11-1-3-12(4-2-11)20(23)24/h1-4,9-10,21-22H,5-8H2. The summed E-state index contributed by atoms with van der Waals surface area (Å²) in [6.45, 7) is 1.54. The second kappa shape index (κ2) is 7.14. The molecule has 1 heterocycles. The summed E-state index contributed by atoms with van der Waals surface area (Å²) in [4.78, 5) is 12.0. The second-order valence-corrected chi connectivity index (χ2v) is 5.34. The maximum Gasteiger partial charge on any atom is 0.269 e. The summed E-state index contributed by atoms with van der Waals surface area (Å²) in [7, 11) is 0. The number of non-ortho nitro benzene ring substituents is 1. The number of benzene rings is 2. The van der Waals surface area contributed by atoms with Gasteiger partial charge in [0.1, 0.15) is 23.8 Å². The minimum atomic E-state index is -0.494. The highest BCUT2D eigenvalue weighted by atomic mass is 16.6. The molecule has 0 saturated heterocycles. The highest BCUT2D eigenvalue weighted by molar-refractivity contribution is 5.70. The second-order valence-electron chi connectivity index (χ2n) is 5.34. The normalized spacial score (nSPS) is 13.6. The number of β-amino-alcohol motifs (C(OH)–C–C–N with tert-alkyl or cyclic N) is 1. The van der Waals surface area contributed by atoms with Crippen molar-refractivity contribution in [2.24, 2.45) is 10.2 Å². The first-order valence-corrected chi connectivity index (χ1v) is 7.60. The number of aliphatic hydroxyl groups excluding tert-OH is 1. The summed E-state index contributed by atoms with van der Waals surface area (Å²) in [5, 5.41) is 37.9. The number of nitrogens with zero attached hydrogens (tertiary/aromatic N) is 4. The van der Waals surface area contributed by atoms with Gasteiger partial charge in [0, 0.05) is 30.8 Å². The summed E-state index contributed by atoms with van der Waals surface area (Å²) in [5.41, 5.74) is 1.30. The summed E-state index contributed by atoms with van der Waals surface area (Å²) in [6.07, 6.45) is 0. The Labute approximate surface area is 143 Å². The van der Waals surface area contributed by atoms with Gasteiger partial charge < -0.3 is 19.8 Å². The molecule has 2 N–H and O–H groups in total. The molecule has 0 unspecified atom stereocenters. The molecule has 9 heteroatoms. The molecule has 2 aromatic carbocycles. The zero-order valence-electron chi connectivity index (χ0n) is 13.2. The van der Waals surface area contributed by atoms with Crippen LogP contribution in [0.15, 0.2) is 46.6 Å². The first kappa shape index (κ1) is 16.7. The molecular formula is C16H16N4O5. The maximum atomic E-state index is 10.6. The van der Waals surface area contributed by atoms with Gasteiger partial charge >= 0.3 is 0 Å². The van der Waals surface area contributed by atoms with E-state index in [1.54, 1.807) is 6.07 Å². The van der Waals surface area contributed by atoms with Crippen LogP contribution in [0.1, 0.15) is 0 Å². The molecule has 0 aliphatic carbocycles. The molecule has 0 saturated carbocycles. The van der Waals surface area contributed by atoms with E-state index in [4.69, 9.17) is 9.84 Å². The summed E-state index contributed by atoms with van der Waals surface area (Å²) >= 11 is 0. The quantitative estimate of drug-likeness (QED) is 0.489. The van der Waals surface area contributed by atoms with Crippen molar-refractivity contribution < 1.29 is 19.9 Å². The number of azo groups is 1. The topological polar surface area (TPSA) is 121 Å². The Hall–Kier alpha value is -3.20. The van der Waals surface area contributed by atoms with Gasteiger partial charge in [-0.25, -0.2) is 0 Å². The average molecular weight is 344 g/mol. The molecule has 0 radical (unpaired) electrons. The maximum absolute atomic E-state index is 10.6. The van der Waals surface area contributed by atoms with Crippen LogP contribution in [-0.4, -0.2) is 41.4 Å². The SMILES string of the molecule is O=[N+]([O-])c1ccc(N=Nc2cc3c(cc2O)N(CCO)CCO3)cc1. The van der Waals surface area contributed by atoms with E-state index in [-0.39, 0.29) is 23.7 Å². The highest BCUT2D eigenvalue weighted by Gasteiger charge is 2.20. The molecule has 0 atom stereocenters. The van der Waals surface area contributed by atoms with Crippen LogP contribution in [0.2, 0.25) is 0 Å². The Bertz CT molecular complexity index is 807. The van der Waals surface area contributed by atoms with Crippen LogP contribution in [0.25, 0.3) is 0 Å². The predicted molar refractivity (Wildman–Crippen MR) is 90.2 cm³/mol. The van der Waals surface area contributed by atoms with Gasteiger partial charge in [0.25, 0.3) is 5.69 Å². The van der Waals surface area contributed by atoms with Crippen molar-refractivity contribution in [3.8, 4) is 11.5 Å². The minimum Gasteiger partial charge on any atom is -0.506 e. The fourth-order valence-electron chi connectivity index (χ4n) is 2.48. The number of aliphatic hydroxyl groups is 1. The number of nitro groups is 1. The Balaban J connectivity index is 1.84. The minimum absolute atomic E-state index is 0.00179. The Morgan fingerprint density at radius 3 is 2.68 bits per heavy atom. The van der Waals surface area contributed by atoms with Crippen LogP contribution in [0.5, 0.6) is 11.5 Å². The van der Waals surface area contributed by atoms with Crippen LogP contribution >= 0.6 is 0 Å². The van der Waals surface area contributed by atoms with E-state index in [0.29, 0.717) is 36.8 Å². The zero-order valence-corrected chi connectivity index (χ0v) is 13.2. The van der Waals surface area contributed by atoms with E-state index < -0.39 is 4.92 Å². The molecule has 0 fully saturated rings. The Morgan fingerprint density at radius 1 is 1.24 bits per heavy atom. The number of nitro benzene ring substituents is 1. The van der Waals surface area contributed by atoms with Crippen molar-refractivity contribution in [2.45, 2.75) is 0 Å². The lowest BCUT2D eigenvalue weighted by Crippen LogP contribution is -2.34. The number of phenolic OH excluding ortho intramolecular Hbond substituents is 1. The molecule has 0 bridgehead atoms. The third-order valence-corrected chi connectivity index (χ3v) is 3.72. The fraction of sp³-hybridized carbons (Fsp3) is 0.250. The number of fused-ring (bicyclic) bond motifs is 1. The molecule has 0 amide bonds. The van der Waals surface area contributed by atoms with Crippen molar-refractivity contribution in [1.29, 1.82) is 0 Å². The number of rotatable bonds is 5. The number of aromatic hydroxyl groups is 1. The number of hydrogen-bond donors (Lipinski definition) is 2. The van der Waals surface area contributed by atoms with Crippen LogP contribution in [0.4, 0.5) is 22.7 Å². The summed E-state index contributed by atoms with van der Waals surface area (Å²) in [5.74, 6) is 0.480. The van der Waals surface area contributed by atoms with Gasteiger partial charge in [0.15, 0.2) is 0 Å². The van der Waals surface area contributed by atoms with Crippen molar-refractivity contribution in [2.75, 3.05) is 31.2 Å². The predicted octanol–water partition coefficient (Wildman–Crippen LogP) is 2.91. The molecule has 1 aliphatic heterocycles. The first-order chi connectivity index (χ1) is 12.1. The molecule has 2 aromatic rings. The lowest BCUT2D eigenvalue weighted by molar-refractivity contribution is -0.384. The third-order valence-electron chi connectivity index (χ3n) is 3.72. The zero-order chi connectivity index (χ0) is 17.8. The summed E-state index contributed by atoms with van der Waals surface area (Å²) in [6, 6.07) is 8.69. The molecule has 0 aromatic heterocycles. The lowest BCUT2D eigenvalue weighted by Gasteiger charge is -2.30. The summed E-state index contributed by atoms with van der Waals surface area (Å²) < 4.78 is 5.58. The lowest BCUT2D eigenvalue weighted by atomic mass is 10.2. The molecular weight excluding hydrogens is 328 g/mol. The van der Waals surface area contributed by atoms with E-state index >= 15 is 0 Å². The van der Waals surface area contributed by atoms with Crippen LogP contribution in [0, 0.1) is 10.1 Å². The molecule has 1 aliphatic rings. The molecule has 9 nitrogen and oxygen atoms in total. The van der Waals surface area contributed by atoms with Gasteiger partial charge in [-0.3, -0.25) is 10.1 Å². The number of ether oxygens (including phenoxy) is 1. The van der Waals surface area contributed by atoms with Gasteiger partial charge in [-0.15, -0.1) is 5.11 Å². The third kappa shape index (κ3) is 3.66. The Kier molecular flexibility index (Phi) is 4.75. The number of hydrogen-bond acceptors (Lipinski definition) is 8. The smallest absolute Gasteiger partial charge is 0.269 e. The van der Waals surface area contributed by atoms with Crippen molar-refractivity contribution >= 4 is 22.7 Å². The van der Waals surface area contributed by atoms with Crippen LogP contribution < -0.4 is 9.64 Å². The number of phenols is 1. The van der Waals surface area contributed by atoms with Crippen molar-refractivity contribution in [3.05, 3.63) is 46.5 Å². The average Bonchev–Trinajstić information content (AvgIpc) is 2.61. The van der Waals surface area contributed by atoms with E-state index in [9.17, 15) is 15.2 Å². The first-order valence-electron chi connectivity index (χ1n) is 7.60. The molecule has 130 valence electrons. The van der Waals surface area contributed by atoms with Gasteiger partial charge in [-0.2, -0.15) is 5.11 Å². The molecule has 3 rings (SSSR count). The monoisotopic (exact) mass is 344 g/mol. The highest BCUT2D eigenvalue weighted by Crippen LogP contribution is 2.41. The largest absolute Gasteiger partial charge is 0.506 e. The van der Waals surface area contributed by atoms with E-state index in [1.807, 2.05) is 4.90 Å². The van der Waals surface area contributed by atoms with Crippen LogP contribution in [-0.2, 0) is 0 Å². The fourth-order valence-corrected chi connectivity index (χ4v) is 2.48. The van der Waals surface area contributed by atoms with Crippen molar-refractivity contribution in [1.82, 2.24) is 0 Å². The van der Waals surface area contributed by atoms with Crippen molar-refractivity contribution in [3.63, 3.8) is 0 Å². The van der Waals surface area contributed by atoms with E-state index in [2.05, 4.69) is 10.2 Å². The van der Waals surface area contributed by atoms with Gasteiger partial charge in [-0.05, 0) is 12.1 Å². The molecule has 25 heavy (non-hydrogen) atoms.